The van der Waals surface area contributed by atoms with Gasteiger partial charge < -0.3 is 4.90 Å². The van der Waals surface area contributed by atoms with Crippen molar-refractivity contribution < 1.29 is 9.72 Å². The van der Waals surface area contributed by atoms with Crippen molar-refractivity contribution in [1.29, 1.82) is 0 Å². The molecule has 0 aliphatic carbocycles. The van der Waals surface area contributed by atoms with E-state index in [1.165, 1.54) is 11.0 Å². The lowest BCUT2D eigenvalue weighted by molar-refractivity contribution is -0.385. The molecule has 0 spiro atoms. The Labute approximate surface area is 110 Å². The van der Waals surface area contributed by atoms with E-state index in [0.29, 0.717) is 5.56 Å². The normalized spacial score (nSPS) is 11.9. The second-order valence-corrected chi connectivity index (χ2v) is 4.44. The van der Waals surface area contributed by atoms with Crippen molar-refractivity contribution >= 4 is 23.2 Å². The monoisotopic (exact) mass is 270 g/mol. The molecule has 1 rings (SSSR count). The van der Waals surface area contributed by atoms with Gasteiger partial charge in [0.1, 0.15) is 0 Å². The van der Waals surface area contributed by atoms with E-state index in [4.69, 9.17) is 11.6 Å². The van der Waals surface area contributed by atoms with E-state index in [-0.39, 0.29) is 29.9 Å². The molecule has 0 saturated carbocycles. The standard InChI is InChI=1S/C12H15ClN2O3/c1-9(7-13)12(16)14(2)8-10-5-3-4-6-11(10)15(17)18/h3-6,9H,7-8H2,1-2H3. The Kier molecular flexibility index (Phi) is 5.09. The molecule has 1 unspecified atom stereocenters. The van der Waals surface area contributed by atoms with Crippen LogP contribution in [0.1, 0.15) is 12.5 Å². The molecule has 0 bridgehead atoms. The van der Waals surface area contributed by atoms with Gasteiger partial charge in [0.05, 0.1) is 11.5 Å². The zero-order chi connectivity index (χ0) is 13.7. The molecule has 1 amide bonds. The van der Waals surface area contributed by atoms with Gasteiger partial charge in [-0.15, -0.1) is 11.6 Å². The molecular weight excluding hydrogens is 256 g/mol. The largest absolute Gasteiger partial charge is 0.341 e. The van der Waals surface area contributed by atoms with E-state index >= 15 is 0 Å². The van der Waals surface area contributed by atoms with Gasteiger partial charge in [-0.3, -0.25) is 14.9 Å². The quantitative estimate of drug-likeness (QED) is 0.469. The fourth-order valence-corrected chi connectivity index (χ4v) is 1.73. The van der Waals surface area contributed by atoms with Gasteiger partial charge in [-0.2, -0.15) is 0 Å². The highest BCUT2D eigenvalue weighted by atomic mass is 35.5. The van der Waals surface area contributed by atoms with Gasteiger partial charge in [-0.25, -0.2) is 0 Å². The summed E-state index contributed by atoms with van der Waals surface area (Å²) in [4.78, 5) is 23.7. The van der Waals surface area contributed by atoms with Crippen molar-refractivity contribution in [2.24, 2.45) is 5.92 Å². The highest BCUT2D eigenvalue weighted by Gasteiger charge is 2.20. The number of carbonyl (C=O) groups excluding carboxylic acids is 1. The topological polar surface area (TPSA) is 63.5 Å². The Bertz CT molecular complexity index is 451. The highest BCUT2D eigenvalue weighted by Crippen LogP contribution is 2.19. The Morgan fingerprint density at radius 3 is 2.67 bits per heavy atom. The van der Waals surface area contributed by atoms with Crippen molar-refractivity contribution in [2.45, 2.75) is 13.5 Å². The highest BCUT2D eigenvalue weighted by molar-refractivity contribution is 6.19. The smallest absolute Gasteiger partial charge is 0.274 e. The molecule has 1 aromatic carbocycles. The summed E-state index contributed by atoms with van der Waals surface area (Å²) in [6.07, 6.45) is 0. The molecule has 5 nitrogen and oxygen atoms in total. The molecular formula is C12H15ClN2O3. The molecule has 1 aromatic rings. The maximum absolute atomic E-state index is 11.8. The molecule has 1 atom stereocenters. The van der Waals surface area contributed by atoms with Gasteiger partial charge in [0.25, 0.3) is 5.69 Å². The van der Waals surface area contributed by atoms with Crippen LogP contribution in [-0.4, -0.2) is 28.7 Å². The van der Waals surface area contributed by atoms with Crippen LogP contribution >= 0.6 is 11.6 Å². The first kappa shape index (κ1) is 14.4. The van der Waals surface area contributed by atoms with Crippen LogP contribution < -0.4 is 0 Å². The summed E-state index contributed by atoms with van der Waals surface area (Å²) in [6.45, 7) is 1.93. The van der Waals surface area contributed by atoms with Gasteiger partial charge in [0.15, 0.2) is 0 Å². The average Bonchev–Trinajstić information content (AvgIpc) is 2.37. The first-order chi connectivity index (χ1) is 8.47. The summed E-state index contributed by atoms with van der Waals surface area (Å²) < 4.78 is 0. The van der Waals surface area contributed by atoms with E-state index in [1.54, 1.807) is 32.2 Å². The lowest BCUT2D eigenvalue weighted by atomic mass is 10.1. The van der Waals surface area contributed by atoms with E-state index < -0.39 is 4.92 Å². The minimum Gasteiger partial charge on any atom is -0.341 e. The number of nitro groups is 1. The molecule has 6 heteroatoms. The van der Waals surface area contributed by atoms with Crippen LogP contribution in [0.25, 0.3) is 0 Å². The predicted molar refractivity (Wildman–Crippen MR) is 69.5 cm³/mol. The van der Waals surface area contributed by atoms with Gasteiger partial charge in [-0.05, 0) is 0 Å². The summed E-state index contributed by atoms with van der Waals surface area (Å²) in [5, 5.41) is 10.8. The number of halogens is 1. The Morgan fingerprint density at radius 1 is 1.50 bits per heavy atom. The third kappa shape index (κ3) is 3.43. The summed E-state index contributed by atoms with van der Waals surface area (Å²) in [6, 6.07) is 6.39. The maximum atomic E-state index is 11.8. The summed E-state index contributed by atoms with van der Waals surface area (Å²) in [5.41, 5.74) is 0.538. The fourth-order valence-electron chi connectivity index (χ4n) is 1.60. The zero-order valence-electron chi connectivity index (χ0n) is 10.3. The van der Waals surface area contributed by atoms with Gasteiger partial charge in [0, 0.05) is 30.5 Å². The lowest BCUT2D eigenvalue weighted by Crippen LogP contribution is -2.32. The minimum atomic E-state index is -0.446. The number of nitro benzene ring substituents is 1. The van der Waals surface area contributed by atoms with Gasteiger partial charge in [0.2, 0.25) is 5.91 Å². The minimum absolute atomic E-state index is 0.0238. The first-order valence-corrected chi connectivity index (χ1v) is 6.04. The number of carbonyl (C=O) groups is 1. The van der Waals surface area contributed by atoms with Crippen LogP contribution in [0.4, 0.5) is 5.69 Å². The number of nitrogens with zero attached hydrogens (tertiary/aromatic N) is 2. The Balaban J connectivity index is 2.85. The SMILES string of the molecule is CC(CCl)C(=O)N(C)Cc1ccccc1[N+](=O)[O-]. The van der Waals surface area contributed by atoms with Crippen LogP contribution in [0, 0.1) is 16.0 Å². The molecule has 0 aliphatic heterocycles. The number of para-hydroxylation sites is 1. The van der Waals surface area contributed by atoms with Crippen LogP contribution in [-0.2, 0) is 11.3 Å². The summed E-state index contributed by atoms with van der Waals surface area (Å²) >= 11 is 5.62. The Hall–Kier alpha value is -1.62. The number of benzene rings is 1. The number of amides is 1. The van der Waals surface area contributed by atoms with Crippen molar-refractivity contribution in [3.8, 4) is 0 Å². The van der Waals surface area contributed by atoms with E-state index in [9.17, 15) is 14.9 Å². The number of hydrogen-bond acceptors (Lipinski definition) is 3. The molecule has 0 fully saturated rings. The number of hydrogen-bond donors (Lipinski definition) is 0. The molecule has 0 aromatic heterocycles. The Morgan fingerprint density at radius 2 is 2.11 bits per heavy atom. The van der Waals surface area contributed by atoms with Crippen LogP contribution in [0.3, 0.4) is 0 Å². The molecule has 0 N–H and O–H groups in total. The first-order valence-electron chi connectivity index (χ1n) is 5.50. The molecule has 0 aliphatic rings. The molecule has 98 valence electrons. The van der Waals surface area contributed by atoms with E-state index in [0.717, 1.165) is 0 Å². The molecule has 0 radical (unpaired) electrons. The second kappa shape index (κ2) is 6.35. The van der Waals surface area contributed by atoms with Gasteiger partial charge >= 0.3 is 0 Å². The number of alkyl halides is 1. The molecule has 18 heavy (non-hydrogen) atoms. The molecule has 0 saturated heterocycles. The van der Waals surface area contributed by atoms with Crippen molar-refractivity contribution in [3.05, 3.63) is 39.9 Å². The lowest BCUT2D eigenvalue weighted by Gasteiger charge is -2.20. The molecule has 0 heterocycles. The van der Waals surface area contributed by atoms with Crippen LogP contribution in [0.15, 0.2) is 24.3 Å². The number of rotatable bonds is 5. The second-order valence-electron chi connectivity index (χ2n) is 4.14. The van der Waals surface area contributed by atoms with Crippen LogP contribution in [0.5, 0.6) is 0 Å². The third-order valence-corrected chi connectivity index (χ3v) is 3.09. The summed E-state index contributed by atoms with van der Waals surface area (Å²) in [5.74, 6) is -0.178. The fraction of sp³-hybridized carbons (Fsp3) is 0.417. The third-order valence-electron chi connectivity index (χ3n) is 2.63. The maximum Gasteiger partial charge on any atom is 0.274 e. The van der Waals surface area contributed by atoms with Gasteiger partial charge in [-0.1, -0.05) is 25.1 Å². The summed E-state index contributed by atoms with van der Waals surface area (Å²) in [7, 11) is 1.61. The van der Waals surface area contributed by atoms with E-state index in [1.807, 2.05) is 0 Å². The van der Waals surface area contributed by atoms with E-state index in [2.05, 4.69) is 0 Å². The van der Waals surface area contributed by atoms with Crippen molar-refractivity contribution in [3.63, 3.8) is 0 Å². The van der Waals surface area contributed by atoms with Crippen molar-refractivity contribution in [1.82, 2.24) is 4.90 Å². The van der Waals surface area contributed by atoms with Crippen molar-refractivity contribution in [2.75, 3.05) is 12.9 Å². The zero-order valence-corrected chi connectivity index (χ0v) is 11.1. The van der Waals surface area contributed by atoms with Crippen LogP contribution in [0.2, 0.25) is 0 Å². The average molecular weight is 271 g/mol. The predicted octanol–water partition coefficient (Wildman–Crippen LogP) is 2.43.